The fraction of sp³-hybridized carbons (Fsp3) is 0.600. The zero-order valence-corrected chi connectivity index (χ0v) is 43.7. The minimum absolute atomic E-state index is 0. The van der Waals surface area contributed by atoms with Crippen molar-refractivity contribution in [2.24, 2.45) is 0 Å². The van der Waals surface area contributed by atoms with Crippen molar-refractivity contribution in [1.82, 2.24) is 12.3 Å². The Morgan fingerprint density at radius 1 is 0.323 bits per heavy atom. The van der Waals surface area contributed by atoms with E-state index in [1.165, 1.54) is 75.0 Å². The molecule has 0 radical (unpaired) electrons. The van der Waals surface area contributed by atoms with Crippen LogP contribution in [0.5, 0.6) is 0 Å². The normalized spacial score (nSPS) is 14.5. The van der Waals surface area contributed by atoms with E-state index >= 15 is 0 Å². The molecule has 0 aromatic carbocycles. The van der Waals surface area contributed by atoms with Gasteiger partial charge in [-0.2, -0.15) is 0 Å². The number of allylic oxidation sites excluding steroid dienone is 21. The van der Waals surface area contributed by atoms with Crippen LogP contribution < -0.4 is 22.1 Å². The zero-order chi connectivity index (χ0) is 45.2. The summed E-state index contributed by atoms with van der Waals surface area (Å²) in [4.78, 5) is 21.1. The van der Waals surface area contributed by atoms with Crippen LogP contribution in [0.1, 0.15) is 212 Å². The highest BCUT2D eigenvalue weighted by molar-refractivity contribution is 7.43. The smallest absolute Gasteiger partial charge is 0.0702 e. The number of hydrogen-bond donors (Lipinski definition) is 2. The first-order valence-electron chi connectivity index (χ1n) is 23.2. The van der Waals surface area contributed by atoms with E-state index in [0.29, 0.717) is 0 Å². The first-order valence-corrected chi connectivity index (χ1v) is 24.7. The summed E-state index contributed by atoms with van der Waals surface area (Å²) < 4.78 is 14.8. The highest BCUT2D eigenvalue weighted by atomic mass is 31.2. The van der Waals surface area contributed by atoms with Crippen molar-refractivity contribution in [3.8, 4) is 0 Å². The summed E-state index contributed by atoms with van der Waals surface area (Å²) in [7, 11) is -4.90. The number of rotatable bonds is 33. The fourth-order valence-electron chi connectivity index (χ4n) is 6.80. The van der Waals surface area contributed by atoms with Crippen LogP contribution in [0.15, 0.2) is 128 Å². The molecule has 62 heavy (non-hydrogen) atoms. The fourth-order valence-corrected chi connectivity index (χ4v) is 7.05. The van der Waals surface area contributed by atoms with Crippen LogP contribution in [0, 0.1) is 0 Å². The molecule has 0 aromatic rings. The molecular weight excluding hydrogens is 784 g/mol. The second kappa shape index (κ2) is 39.7. The first kappa shape index (κ1) is 63.5. The molecular formula is C55H97N2O4P. The Balaban J connectivity index is -0.0000174. The van der Waals surface area contributed by atoms with Crippen LogP contribution in [0.3, 0.4) is 0 Å². The number of hydrogen-bond acceptors (Lipinski definition) is 4. The molecule has 0 aromatic heterocycles. The molecule has 0 amide bonds. The Morgan fingerprint density at radius 2 is 0.484 bits per heavy atom. The molecule has 0 aliphatic rings. The molecule has 0 unspecified atom stereocenters. The Kier molecular flexibility index (Phi) is 40.7. The molecule has 6 nitrogen and oxygen atoms in total. The van der Waals surface area contributed by atoms with Gasteiger partial charge >= 0.3 is 0 Å². The maximum Gasteiger partial charge on any atom is 0.0702 e. The summed E-state index contributed by atoms with van der Waals surface area (Å²) >= 11 is 0. The van der Waals surface area contributed by atoms with Crippen LogP contribution >= 0.6 is 7.82 Å². The molecule has 0 saturated heterocycles. The Morgan fingerprint density at radius 3 is 0.645 bits per heavy atom. The largest absolute Gasteiger partial charge is 0.790 e. The molecule has 0 bridgehead atoms. The van der Waals surface area contributed by atoms with Gasteiger partial charge in [-0.1, -0.05) is 128 Å². The molecule has 0 heterocycles. The van der Waals surface area contributed by atoms with E-state index in [0.717, 1.165) is 115 Å². The molecule has 0 saturated carbocycles. The van der Waals surface area contributed by atoms with Crippen LogP contribution in [0.2, 0.25) is 0 Å². The van der Waals surface area contributed by atoms with Crippen LogP contribution in [-0.2, 0) is 9.09 Å². The van der Waals surface area contributed by atoms with E-state index in [1.807, 2.05) is 6.92 Å². The van der Waals surface area contributed by atoms with E-state index in [4.69, 9.17) is 0 Å². The molecule has 0 fully saturated rings. The van der Waals surface area contributed by atoms with E-state index < -0.39 is 7.82 Å². The predicted molar refractivity (Wildman–Crippen MR) is 275 cm³/mol. The molecule has 0 atom stereocenters. The summed E-state index contributed by atoms with van der Waals surface area (Å²) in [5, 5.41) is 0. The molecule has 0 rings (SSSR count). The number of phosphoric acid groups is 1. The van der Waals surface area contributed by atoms with Crippen molar-refractivity contribution in [3.05, 3.63) is 128 Å². The lowest BCUT2D eigenvalue weighted by molar-refractivity contribution is -0.340. The standard InChI is InChI=1S/C55H91O4P.2H3N/c1-45(2)23-13-24-46(3)25-14-26-47(4)27-15-28-48(5)29-16-30-49(6)31-17-32-50(7)33-18-34-51(8)35-19-36-52(9)37-20-38-53(10)39-21-40-54(11)41-22-42-55(12)43-44-59-60(56,57)58;;/h23,25,27,29,31,33,35,37,39,41,43H,13-22,24,26,28,30,32,34,36,38,40,42,44H2,1-12H3,(H2,56,57,58);2*1H3/b46-25-,47-27-,48-29-,49-31-,50-33-,51-35-,52-37-,53-39-,54-41-,55-43-;;. The minimum Gasteiger partial charge on any atom is -0.790 e. The molecule has 8 N–H and O–H groups in total. The van der Waals surface area contributed by atoms with Crippen molar-refractivity contribution in [2.75, 3.05) is 6.61 Å². The van der Waals surface area contributed by atoms with Crippen molar-refractivity contribution in [3.63, 3.8) is 0 Å². The van der Waals surface area contributed by atoms with Gasteiger partial charge in [0.2, 0.25) is 0 Å². The summed E-state index contributed by atoms with van der Waals surface area (Å²) in [6.07, 6.45) is 47.8. The SMILES string of the molecule is CC(C)=CCC/C(C)=C\CC/C(C)=C\CC/C(C)=C\CC/C(C)=C\CC/C(C)=C\CC/C(C)=C\CC/C(C)=C\CC/C(C)=C\CC/C(C)=C\CC/C(C)=C\COP(=O)([O-])[O-].[NH4+].[NH4+]. The highest BCUT2D eigenvalue weighted by Gasteiger charge is 1.99. The third-order valence-electron chi connectivity index (χ3n) is 11.0. The van der Waals surface area contributed by atoms with Gasteiger partial charge in [-0.3, -0.25) is 0 Å². The van der Waals surface area contributed by atoms with Gasteiger partial charge in [-0.15, -0.1) is 0 Å². The lowest BCUT2D eigenvalue weighted by atomic mass is 10.0. The predicted octanol–water partition coefficient (Wildman–Crippen LogP) is 17.8. The van der Waals surface area contributed by atoms with E-state index in [-0.39, 0.29) is 18.9 Å². The highest BCUT2D eigenvalue weighted by Crippen LogP contribution is 2.24. The van der Waals surface area contributed by atoms with E-state index in [2.05, 4.69) is 141 Å². The second-order valence-corrected chi connectivity index (χ2v) is 19.1. The maximum absolute atomic E-state index is 10.6. The van der Waals surface area contributed by atoms with Gasteiger partial charge in [0, 0.05) is 0 Å². The third kappa shape index (κ3) is 43.8. The molecule has 0 aliphatic carbocycles. The average molecular weight is 881 g/mol. The van der Waals surface area contributed by atoms with Gasteiger partial charge < -0.3 is 31.2 Å². The summed E-state index contributed by atoms with van der Waals surface area (Å²) in [6.45, 7) is 26.5. The van der Waals surface area contributed by atoms with E-state index in [9.17, 15) is 14.4 Å². The Labute approximate surface area is 383 Å². The van der Waals surface area contributed by atoms with Gasteiger partial charge in [0.25, 0.3) is 0 Å². The van der Waals surface area contributed by atoms with Crippen molar-refractivity contribution >= 4 is 7.82 Å². The Hall–Kier alpha value is -2.83. The first-order chi connectivity index (χ1) is 28.4. The molecule has 0 spiro atoms. The minimum atomic E-state index is -4.90. The lowest BCUT2D eigenvalue weighted by Crippen LogP contribution is -2.16. The van der Waals surface area contributed by atoms with Crippen molar-refractivity contribution in [2.45, 2.75) is 212 Å². The number of phosphoric ester groups is 1. The van der Waals surface area contributed by atoms with Crippen molar-refractivity contribution < 1.29 is 18.9 Å². The van der Waals surface area contributed by atoms with Crippen LogP contribution in [0.25, 0.3) is 0 Å². The van der Waals surface area contributed by atoms with Crippen LogP contribution in [0.4, 0.5) is 0 Å². The summed E-state index contributed by atoms with van der Waals surface area (Å²) in [5.74, 6) is 0. The topological polar surface area (TPSA) is 145 Å². The van der Waals surface area contributed by atoms with Gasteiger partial charge in [-0.25, -0.2) is 0 Å². The number of quaternary nitrogens is 2. The van der Waals surface area contributed by atoms with Crippen LogP contribution in [-0.4, -0.2) is 6.61 Å². The van der Waals surface area contributed by atoms with Crippen molar-refractivity contribution in [1.29, 1.82) is 0 Å². The molecule has 0 aliphatic heterocycles. The Bertz CT molecular complexity index is 1620. The molecule has 7 heteroatoms. The van der Waals surface area contributed by atoms with E-state index in [1.54, 1.807) is 6.08 Å². The summed E-state index contributed by atoms with van der Waals surface area (Å²) in [5.41, 5.74) is 15.8. The second-order valence-electron chi connectivity index (χ2n) is 17.9. The quantitative estimate of drug-likeness (QED) is 0.0499. The maximum atomic E-state index is 10.6. The average Bonchev–Trinajstić information content (AvgIpc) is 3.14. The monoisotopic (exact) mass is 881 g/mol. The lowest BCUT2D eigenvalue weighted by Gasteiger charge is -2.27. The van der Waals surface area contributed by atoms with Gasteiger partial charge in [0.15, 0.2) is 0 Å². The van der Waals surface area contributed by atoms with Gasteiger partial charge in [0.1, 0.15) is 0 Å². The van der Waals surface area contributed by atoms with Gasteiger partial charge in [0.05, 0.1) is 14.4 Å². The molecule has 356 valence electrons. The third-order valence-corrected chi connectivity index (χ3v) is 11.5. The summed E-state index contributed by atoms with van der Waals surface area (Å²) in [6, 6.07) is 0. The zero-order valence-electron chi connectivity index (χ0n) is 42.8. The van der Waals surface area contributed by atoms with Gasteiger partial charge in [-0.05, 0) is 212 Å².